The molecule has 0 fully saturated rings. The number of carboxylic acids is 2. The first-order valence-corrected chi connectivity index (χ1v) is 7.57. The SMILES string of the molecule is C[C@H](NC(=O)[C@@H](N)Cc1c[nH]c2ccccc12)C(=O)O.O=C(O)C(F)(F)F. The Morgan fingerprint density at radius 3 is 2.30 bits per heavy atom. The molecule has 1 aromatic heterocycles. The zero-order valence-corrected chi connectivity index (χ0v) is 14.1. The molecule has 0 bridgehead atoms. The lowest BCUT2D eigenvalue weighted by Gasteiger charge is -2.14. The Hall–Kier alpha value is -3.08. The monoisotopic (exact) mass is 389 g/mol. The van der Waals surface area contributed by atoms with E-state index >= 15 is 0 Å². The van der Waals surface area contributed by atoms with E-state index in [0.29, 0.717) is 6.42 Å². The van der Waals surface area contributed by atoms with Gasteiger partial charge in [-0.1, -0.05) is 18.2 Å². The second kappa shape index (κ2) is 9.03. The molecule has 0 radical (unpaired) electrons. The minimum absolute atomic E-state index is 0.349. The lowest BCUT2D eigenvalue weighted by Crippen LogP contribution is -2.47. The van der Waals surface area contributed by atoms with Crippen molar-refractivity contribution in [2.75, 3.05) is 0 Å². The summed E-state index contributed by atoms with van der Waals surface area (Å²) >= 11 is 0. The lowest BCUT2D eigenvalue weighted by molar-refractivity contribution is -0.192. The van der Waals surface area contributed by atoms with Gasteiger partial charge in [-0.05, 0) is 25.0 Å². The fraction of sp³-hybridized carbons (Fsp3) is 0.312. The van der Waals surface area contributed by atoms with Crippen molar-refractivity contribution in [3.05, 3.63) is 36.0 Å². The molecule has 0 aliphatic carbocycles. The van der Waals surface area contributed by atoms with Crippen LogP contribution >= 0.6 is 0 Å². The third-order valence-corrected chi connectivity index (χ3v) is 3.42. The molecule has 1 aromatic carbocycles. The van der Waals surface area contributed by atoms with Gasteiger partial charge in [0.15, 0.2) is 0 Å². The van der Waals surface area contributed by atoms with Gasteiger partial charge >= 0.3 is 18.1 Å². The summed E-state index contributed by atoms with van der Waals surface area (Å²) in [4.78, 5) is 34.5. The molecule has 0 spiro atoms. The zero-order valence-electron chi connectivity index (χ0n) is 14.1. The van der Waals surface area contributed by atoms with Gasteiger partial charge in [-0.2, -0.15) is 13.2 Å². The fourth-order valence-corrected chi connectivity index (χ4v) is 2.01. The molecular formula is C16H18F3N3O5. The van der Waals surface area contributed by atoms with E-state index in [1.54, 1.807) is 0 Å². The van der Waals surface area contributed by atoms with Crippen LogP contribution in [0.4, 0.5) is 13.2 Å². The summed E-state index contributed by atoms with van der Waals surface area (Å²) in [5.41, 5.74) is 7.75. The average Bonchev–Trinajstić information content (AvgIpc) is 2.97. The Bertz CT molecular complexity index is 819. The molecule has 1 amide bonds. The third kappa shape index (κ3) is 6.62. The Labute approximate surface area is 151 Å². The molecule has 0 unspecified atom stereocenters. The number of para-hydroxylation sites is 1. The minimum atomic E-state index is -5.08. The Kier molecular flexibility index (Phi) is 7.35. The predicted octanol–water partition coefficient (Wildman–Crippen LogP) is 1.26. The Morgan fingerprint density at radius 2 is 1.78 bits per heavy atom. The van der Waals surface area contributed by atoms with Crippen LogP contribution in [0.25, 0.3) is 10.9 Å². The highest BCUT2D eigenvalue weighted by molar-refractivity contribution is 5.88. The molecule has 8 nitrogen and oxygen atoms in total. The second-order valence-corrected chi connectivity index (χ2v) is 5.54. The van der Waals surface area contributed by atoms with Crippen LogP contribution in [0.5, 0.6) is 0 Å². The van der Waals surface area contributed by atoms with Crippen LogP contribution < -0.4 is 11.1 Å². The molecule has 2 rings (SSSR count). The molecule has 0 saturated carbocycles. The van der Waals surface area contributed by atoms with Gasteiger partial charge in [0.25, 0.3) is 0 Å². The molecule has 11 heteroatoms. The normalized spacial score (nSPS) is 13.2. The maximum absolute atomic E-state index is 11.8. The molecule has 0 aliphatic rings. The summed E-state index contributed by atoms with van der Waals surface area (Å²) in [5.74, 6) is -4.31. The summed E-state index contributed by atoms with van der Waals surface area (Å²) in [6.07, 6.45) is -2.92. The summed E-state index contributed by atoms with van der Waals surface area (Å²) in [7, 11) is 0. The number of aromatic nitrogens is 1. The number of hydrogen-bond donors (Lipinski definition) is 5. The number of carbonyl (C=O) groups excluding carboxylic acids is 1. The van der Waals surface area contributed by atoms with Gasteiger partial charge in [0.1, 0.15) is 6.04 Å². The van der Waals surface area contributed by atoms with Crippen LogP contribution in [0.1, 0.15) is 12.5 Å². The number of nitrogens with two attached hydrogens (primary N) is 1. The molecular weight excluding hydrogens is 371 g/mol. The van der Waals surface area contributed by atoms with Crippen LogP contribution in [0.2, 0.25) is 0 Å². The van der Waals surface area contributed by atoms with Crippen molar-refractivity contribution in [2.24, 2.45) is 5.73 Å². The van der Waals surface area contributed by atoms with Gasteiger partial charge in [-0.15, -0.1) is 0 Å². The number of carboxylic acid groups (broad SMARTS) is 2. The fourth-order valence-electron chi connectivity index (χ4n) is 2.01. The number of fused-ring (bicyclic) bond motifs is 1. The standard InChI is InChI=1S/C14H17N3O3.C2HF3O2/c1-8(14(19)20)17-13(18)11(15)6-9-7-16-12-5-3-2-4-10(9)12;3-2(4,5)1(6)7/h2-5,7-8,11,16H,6,15H2,1H3,(H,17,18)(H,19,20);(H,6,7)/t8-,11-;/m0./s1. The van der Waals surface area contributed by atoms with Crippen LogP contribution in [-0.4, -0.2) is 51.3 Å². The number of benzene rings is 1. The lowest BCUT2D eigenvalue weighted by atomic mass is 10.0. The van der Waals surface area contributed by atoms with E-state index in [2.05, 4.69) is 10.3 Å². The Morgan fingerprint density at radius 1 is 1.22 bits per heavy atom. The maximum atomic E-state index is 11.8. The Balaban J connectivity index is 0.000000445. The molecule has 148 valence electrons. The van der Waals surface area contributed by atoms with E-state index in [0.717, 1.165) is 16.5 Å². The predicted molar refractivity (Wildman–Crippen MR) is 88.9 cm³/mol. The summed E-state index contributed by atoms with van der Waals surface area (Å²) in [6.45, 7) is 1.40. The molecule has 27 heavy (non-hydrogen) atoms. The first kappa shape index (κ1) is 22.0. The second-order valence-electron chi connectivity index (χ2n) is 5.54. The van der Waals surface area contributed by atoms with Crippen LogP contribution in [-0.2, 0) is 20.8 Å². The summed E-state index contributed by atoms with van der Waals surface area (Å²) in [6, 6.07) is 6.00. The van der Waals surface area contributed by atoms with E-state index in [9.17, 15) is 22.8 Å². The number of halogens is 3. The molecule has 2 atom stereocenters. The number of aromatic amines is 1. The van der Waals surface area contributed by atoms with Crippen molar-refractivity contribution in [3.63, 3.8) is 0 Å². The van der Waals surface area contributed by atoms with Gasteiger partial charge < -0.3 is 26.2 Å². The number of carbonyl (C=O) groups is 3. The number of rotatable bonds is 5. The molecule has 1 heterocycles. The third-order valence-electron chi connectivity index (χ3n) is 3.42. The molecule has 2 aromatic rings. The zero-order chi connectivity index (χ0) is 20.8. The van der Waals surface area contributed by atoms with Crippen LogP contribution in [0.15, 0.2) is 30.5 Å². The molecule has 6 N–H and O–H groups in total. The van der Waals surface area contributed by atoms with Crippen molar-refractivity contribution in [3.8, 4) is 0 Å². The number of alkyl halides is 3. The first-order valence-electron chi connectivity index (χ1n) is 7.57. The quantitative estimate of drug-likeness (QED) is 0.520. The van der Waals surface area contributed by atoms with Crippen molar-refractivity contribution in [2.45, 2.75) is 31.6 Å². The van der Waals surface area contributed by atoms with E-state index in [1.165, 1.54) is 6.92 Å². The number of hydrogen-bond acceptors (Lipinski definition) is 4. The number of nitrogens with one attached hydrogen (secondary N) is 2. The summed E-state index contributed by atoms with van der Waals surface area (Å²) < 4.78 is 31.7. The summed E-state index contributed by atoms with van der Waals surface area (Å²) in [5, 5.41) is 19.3. The van der Waals surface area contributed by atoms with Crippen molar-refractivity contribution >= 4 is 28.7 Å². The van der Waals surface area contributed by atoms with Gasteiger partial charge in [0.2, 0.25) is 5.91 Å². The van der Waals surface area contributed by atoms with Gasteiger partial charge in [-0.3, -0.25) is 9.59 Å². The largest absolute Gasteiger partial charge is 0.490 e. The van der Waals surface area contributed by atoms with E-state index in [1.807, 2.05) is 30.5 Å². The average molecular weight is 389 g/mol. The number of aliphatic carboxylic acids is 2. The number of amides is 1. The highest BCUT2D eigenvalue weighted by atomic mass is 19.4. The van der Waals surface area contributed by atoms with Crippen molar-refractivity contribution < 1.29 is 37.8 Å². The maximum Gasteiger partial charge on any atom is 0.490 e. The van der Waals surface area contributed by atoms with E-state index < -0.39 is 36.1 Å². The topological polar surface area (TPSA) is 146 Å². The van der Waals surface area contributed by atoms with Gasteiger partial charge in [0.05, 0.1) is 6.04 Å². The smallest absolute Gasteiger partial charge is 0.480 e. The highest BCUT2D eigenvalue weighted by Gasteiger charge is 2.38. The van der Waals surface area contributed by atoms with Gasteiger partial charge in [0, 0.05) is 17.1 Å². The minimum Gasteiger partial charge on any atom is -0.480 e. The van der Waals surface area contributed by atoms with Crippen molar-refractivity contribution in [1.82, 2.24) is 10.3 Å². The van der Waals surface area contributed by atoms with Gasteiger partial charge in [-0.25, -0.2) is 4.79 Å². The number of H-pyrrole nitrogens is 1. The van der Waals surface area contributed by atoms with E-state index in [4.69, 9.17) is 20.7 Å². The van der Waals surface area contributed by atoms with Crippen molar-refractivity contribution in [1.29, 1.82) is 0 Å². The van der Waals surface area contributed by atoms with Crippen LogP contribution in [0.3, 0.4) is 0 Å². The first-order chi connectivity index (χ1) is 12.4. The van der Waals surface area contributed by atoms with E-state index in [-0.39, 0.29) is 0 Å². The molecule has 0 aliphatic heterocycles. The highest BCUT2D eigenvalue weighted by Crippen LogP contribution is 2.18. The van der Waals surface area contributed by atoms with Crippen LogP contribution in [0, 0.1) is 0 Å². The molecule has 0 saturated heterocycles.